The summed E-state index contributed by atoms with van der Waals surface area (Å²) in [6.45, 7) is 3.86. The number of carbonyl (C=O) groups is 1. The molecule has 0 aliphatic heterocycles. The Kier molecular flexibility index (Phi) is 5.78. The van der Waals surface area contributed by atoms with E-state index in [1.807, 2.05) is 62.4 Å². The van der Waals surface area contributed by atoms with Crippen LogP contribution >= 0.6 is 23.1 Å². The second-order valence-electron chi connectivity index (χ2n) is 6.48. The standard InChI is InChI=1S/C22H19N3O2S2/c1-14-11-23-22(27-14)17-4-3-5-18(10-17)25-21(26)16-6-8-20(9-7-16)29-13-19-12-28-15(2)24-19/h3-12H,13H2,1-2H3,(H,25,26). The van der Waals surface area contributed by atoms with Gasteiger partial charge >= 0.3 is 0 Å². The van der Waals surface area contributed by atoms with Crippen molar-refractivity contribution in [3.63, 3.8) is 0 Å². The Morgan fingerprint density at radius 3 is 2.69 bits per heavy atom. The number of carbonyl (C=O) groups excluding carboxylic acids is 1. The largest absolute Gasteiger partial charge is 0.441 e. The number of nitrogens with zero attached hydrogens (tertiary/aromatic N) is 2. The SMILES string of the molecule is Cc1cnc(-c2cccc(NC(=O)c3ccc(SCc4csc(C)n4)cc3)c2)o1. The number of thiazole rings is 1. The molecule has 0 fully saturated rings. The molecule has 0 saturated heterocycles. The minimum Gasteiger partial charge on any atom is -0.441 e. The van der Waals surface area contributed by atoms with E-state index >= 15 is 0 Å². The molecule has 29 heavy (non-hydrogen) atoms. The molecule has 0 unspecified atom stereocenters. The van der Waals surface area contributed by atoms with Crippen LogP contribution in [0.25, 0.3) is 11.5 Å². The molecule has 5 nitrogen and oxygen atoms in total. The highest BCUT2D eigenvalue weighted by atomic mass is 32.2. The van der Waals surface area contributed by atoms with E-state index in [1.54, 1.807) is 29.3 Å². The third-order valence-corrected chi connectivity index (χ3v) is 6.03. The molecule has 7 heteroatoms. The minimum absolute atomic E-state index is 0.155. The summed E-state index contributed by atoms with van der Waals surface area (Å²) in [5.41, 5.74) is 3.21. The molecule has 2 aromatic heterocycles. The van der Waals surface area contributed by atoms with Crippen LogP contribution in [0.15, 0.2) is 69.4 Å². The van der Waals surface area contributed by atoms with E-state index in [0.29, 0.717) is 17.1 Å². The molecule has 146 valence electrons. The molecule has 0 aliphatic rings. The summed E-state index contributed by atoms with van der Waals surface area (Å²) < 4.78 is 5.55. The smallest absolute Gasteiger partial charge is 0.255 e. The molecule has 2 aromatic carbocycles. The van der Waals surface area contributed by atoms with E-state index in [0.717, 1.165) is 32.7 Å². The van der Waals surface area contributed by atoms with E-state index in [-0.39, 0.29) is 5.91 Å². The van der Waals surface area contributed by atoms with Crippen molar-refractivity contribution in [2.24, 2.45) is 0 Å². The predicted octanol–water partition coefficient (Wildman–Crippen LogP) is 5.96. The van der Waals surface area contributed by atoms with Crippen molar-refractivity contribution in [1.29, 1.82) is 0 Å². The second kappa shape index (κ2) is 8.63. The number of hydrogen-bond acceptors (Lipinski definition) is 6. The molecule has 4 aromatic rings. The number of amides is 1. The molecule has 0 bridgehead atoms. The fraction of sp³-hybridized carbons (Fsp3) is 0.136. The zero-order valence-corrected chi connectivity index (χ0v) is 17.6. The number of nitrogens with one attached hydrogen (secondary N) is 1. The van der Waals surface area contributed by atoms with Gasteiger partial charge in [-0.05, 0) is 56.3 Å². The van der Waals surface area contributed by atoms with Crippen LogP contribution in [0.4, 0.5) is 5.69 Å². The Morgan fingerprint density at radius 1 is 1.17 bits per heavy atom. The first kappa shape index (κ1) is 19.4. The number of rotatable bonds is 6. The van der Waals surface area contributed by atoms with E-state index < -0.39 is 0 Å². The minimum atomic E-state index is -0.155. The Morgan fingerprint density at radius 2 is 2.00 bits per heavy atom. The summed E-state index contributed by atoms with van der Waals surface area (Å²) in [5, 5.41) is 6.09. The van der Waals surface area contributed by atoms with Gasteiger partial charge in [-0.3, -0.25) is 4.79 Å². The number of benzene rings is 2. The van der Waals surface area contributed by atoms with Crippen LogP contribution in [-0.4, -0.2) is 15.9 Å². The molecular weight excluding hydrogens is 402 g/mol. The summed E-state index contributed by atoms with van der Waals surface area (Å²) in [6, 6.07) is 15.1. The van der Waals surface area contributed by atoms with Gasteiger partial charge in [0.15, 0.2) is 0 Å². The highest BCUT2D eigenvalue weighted by Crippen LogP contribution is 2.25. The molecule has 1 N–H and O–H groups in total. The van der Waals surface area contributed by atoms with Crippen molar-refractivity contribution < 1.29 is 9.21 Å². The number of oxazole rings is 1. The third kappa shape index (κ3) is 4.93. The van der Waals surface area contributed by atoms with E-state index in [9.17, 15) is 4.79 Å². The highest BCUT2D eigenvalue weighted by Gasteiger charge is 2.09. The first-order valence-corrected chi connectivity index (χ1v) is 10.9. The Balaban J connectivity index is 1.39. The van der Waals surface area contributed by atoms with Crippen LogP contribution in [0.5, 0.6) is 0 Å². The van der Waals surface area contributed by atoms with Crippen LogP contribution < -0.4 is 5.32 Å². The third-order valence-electron chi connectivity index (χ3n) is 4.16. The van der Waals surface area contributed by atoms with E-state index in [2.05, 4.69) is 20.7 Å². The summed E-state index contributed by atoms with van der Waals surface area (Å²) in [7, 11) is 0. The van der Waals surface area contributed by atoms with Crippen molar-refractivity contribution in [3.8, 4) is 11.5 Å². The average Bonchev–Trinajstić information content (AvgIpc) is 3.35. The number of thioether (sulfide) groups is 1. The van der Waals surface area contributed by atoms with Crippen LogP contribution in [-0.2, 0) is 5.75 Å². The normalized spacial score (nSPS) is 10.8. The van der Waals surface area contributed by atoms with Gasteiger partial charge in [-0.25, -0.2) is 9.97 Å². The molecule has 0 atom stereocenters. The van der Waals surface area contributed by atoms with Gasteiger partial charge in [-0.15, -0.1) is 23.1 Å². The maximum Gasteiger partial charge on any atom is 0.255 e. The quantitative estimate of drug-likeness (QED) is 0.389. The van der Waals surface area contributed by atoms with Crippen molar-refractivity contribution in [2.45, 2.75) is 24.5 Å². The molecule has 4 rings (SSSR count). The number of aromatic nitrogens is 2. The summed E-state index contributed by atoms with van der Waals surface area (Å²) in [4.78, 5) is 22.4. The van der Waals surface area contributed by atoms with Crippen molar-refractivity contribution in [1.82, 2.24) is 9.97 Å². The van der Waals surface area contributed by atoms with Crippen LogP contribution in [0.2, 0.25) is 0 Å². The number of aryl methyl sites for hydroxylation is 2. The average molecular weight is 422 g/mol. The Labute approximate surface area is 177 Å². The Hall–Kier alpha value is -2.90. The fourth-order valence-electron chi connectivity index (χ4n) is 2.76. The molecule has 2 heterocycles. The maximum atomic E-state index is 12.6. The second-order valence-corrected chi connectivity index (χ2v) is 8.59. The van der Waals surface area contributed by atoms with Gasteiger partial charge in [0.1, 0.15) is 5.76 Å². The number of anilines is 1. The van der Waals surface area contributed by atoms with Crippen LogP contribution in [0, 0.1) is 13.8 Å². The van der Waals surface area contributed by atoms with Crippen molar-refractivity contribution >= 4 is 34.7 Å². The predicted molar refractivity (Wildman–Crippen MR) is 117 cm³/mol. The van der Waals surface area contributed by atoms with Crippen molar-refractivity contribution in [2.75, 3.05) is 5.32 Å². The van der Waals surface area contributed by atoms with E-state index in [1.165, 1.54) is 0 Å². The van der Waals surface area contributed by atoms with Crippen LogP contribution in [0.3, 0.4) is 0 Å². The fourth-order valence-corrected chi connectivity index (χ4v) is 4.26. The summed E-state index contributed by atoms with van der Waals surface area (Å²) >= 11 is 3.37. The zero-order chi connectivity index (χ0) is 20.2. The summed E-state index contributed by atoms with van der Waals surface area (Å²) in [6.07, 6.45) is 1.68. The summed E-state index contributed by atoms with van der Waals surface area (Å²) in [5.74, 6) is 1.95. The molecule has 1 amide bonds. The lowest BCUT2D eigenvalue weighted by Crippen LogP contribution is -2.11. The number of hydrogen-bond donors (Lipinski definition) is 1. The van der Waals surface area contributed by atoms with Gasteiger partial charge in [0.2, 0.25) is 5.89 Å². The van der Waals surface area contributed by atoms with Gasteiger partial charge in [0.05, 0.1) is 16.9 Å². The molecule has 0 aliphatic carbocycles. The first-order valence-electron chi connectivity index (χ1n) is 9.05. The first-order chi connectivity index (χ1) is 14.1. The molecule has 0 spiro atoms. The van der Waals surface area contributed by atoms with E-state index in [4.69, 9.17) is 4.42 Å². The van der Waals surface area contributed by atoms with Gasteiger partial charge in [0.25, 0.3) is 5.91 Å². The topological polar surface area (TPSA) is 68.0 Å². The highest BCUT2D eigenvalue weighted by molar-refractivity contribution is 7.98. The van der Waals surface area contributed by atoms with Gasteiger partial charge in [0, 0.05) is 32.8 Å². The monoisotopic (exact) mass is 421 g/mol. The van der Waals surface area contributed by atoms with Gasteiger partial charge in [-0.1, -0.05) is 6.07 Å². The molecule has 0 radical (unpaired) electrons. The zero-order valence-electron chi connectivity index (χ0n) is 16.0. The molecule has 0 saturated carbocycles. The Bertz CT molecular complexity index is 1130. The maximum absolute atomic E-state index is 12.6. The lowest BCUT2D eigenvalue weighted by molar-refractivity contribution is 0.102. The van der Waals surface area contributed by atoms with Gasteiger partial charge in [-0.2, -0.15) is 0 Å². The van der Waals surface area contributed by atoms with Gasteiger partial charge < -0.3 is 9.73 Å². The van der Waals surface area contributed by atoms with Crippen LogP contribution in [0.1, 0.15) is 26.8 Å². The van der Waals surface area contributed by atoms with Crippen molar-refractivity contribution in [3.05, 3.63) is 82.1 Å². The lowest BCUT2D eigenvalue weighted by atomic mass is 10.1. The lowest BCUT2D eigenvalue weighted by Gasteiger charge is -2.07. The molecular formula is C22H19N3O2S2.